The molecule has 0 heterocycles. The highest BCUT2D eigenvalue weighted by Gasteiger charge is 2.42. The first-order valence-electron chi connectivity index (χ1n) is 32.7. The van der Waals surface area contributed by atoms with Crippen molar-refractivity contribution in [2.75, 3.05) is 0 Å². The van der Waals surface area contributed by atoms with E-state index >= 15 is 0 Å². The Hall–Kier alpha value is -1.43. The second-order valence-electron chi connectivity index (χ2n) is 25.4. The van der Waals surface area contributed by atoms with Crippen LogP contribution in [0, 0.1) is 0 Å². The summed E-state index contributed by atoms with van der Waals surface area (Å²) in [6.45, 7) is 29.7. The highest BCUT2D eigenvalue weighted by atomic mass is 31.2. The number of hydrogen-bond acceptors (Lipinski definition) is 1. The Morgan fingerprint density at radius 1 is 0.355 bits per heavy atom. The molecule has 0 aliphatic heterocycles. The van der Waals surface area contributed by atoms with Crippen molar-refractivity contribution in [1.82, 2.24) is 4.44 Å². The third-order valence-corrected chi connectivity index (χ3v) is 43.0. The van der Waals surface area contributed by atoms with Crippen LogP contribution in [0.3, 0.4) is 0 Å². The van der Waals surface area contributed by atoms with Crippen molar-refractivity contribution in [2.45, 2.75) is 290 Å². The van der Waals surface area contributed by atoms with E-state index in [1.165, 1.54) is 202 Å². The molecule has 0 aromatic heterocycles. The largest absolute Gasteiger partial charge is 0.242 e. The van der Waals surface area contributed by atoms with Gasteiger partial charge in [0.25, 0.3) is 0 Å². The Labute approximate surface area is 478 Å². The minimum absolute atomic E-state index is 0.547. The monoisotopic (exact) mass is 1130 g/mol. The molecule has 1 fully saturated rings. The molecule has 76 heavy (non-hydrogen) atoms. The van der Waals surface area contributed by atoms with Crippen molar-refractivity contribution >= 4 is 90.4 Å². The second-order valence-corrected chi connectivity index (χ2v) is 48.8. The average molecular weight is 1130 g/mol. The van der Waals surface area contributed by atoms with Crippen molar-refractivity contribution in [3.63, 3.8) is 0 Å². The summed E-state index contributed by atoms with van der Waals surface area (Å²) in [6.07, 6.45) is 30.9. The molecule has 0 saturated heterocycles. The fraction of sp³-hybridized carbons (Fsp3) is 0.652. The summed E-state index contributed by atoms with van der Waals surface area (Å²) in [5.74, 6) is 0. The number of benzene rings is 4. The number of unbranched alkanes of at least 4 members (excludes halogenated alkanes) is 9. The number of hydrogen-bond donors (Lipinski definition) is 0. The number of nitrogens with zero attached hydrogens (tertiary/aromatic N) is 1. The third-order valence-electron chi connectivity index (χ3n) is 18.5. The summed E-state index contributed by atoms with van der Waals surface area (Å²) >= 11 is 0. The quantitative estimate of drug-likeness (QED) is 0.0319. The van der Waals surface area contributed by atoms with Crippen molar-refractivity contribution < 1.29 is 0 Å². The Balaban J connectivity index is 1.87. The van der Waals surface area contributed by atoms with E-state index in [4.69, 9.17) is 0 Å². The van der Waals surface area contributed by atoms with Gasteiger partial charge in [-0.2, -0.15) is 0 Å². The molecule has 0 radical (unpaired) electrons. The fourth-order valence-corrected chi connectivity index (χ4v) is 39.6. The van der Waals surface area contributed by atoms with Gasteiger partial charge in [-0.3, -0.25) is 0 Å². The van der Waals surface area contributed by atoms with Gasteiger partial charge in [-0.25, -0.2) is 4.44 Å². The highest BCUT2D eigenvalue weighted by Crippen LogP contribution is 2.58. The summed E-state index contributed by atoms with van der Waals surface area (Å²) in [7, 11) is -8.55. The predicted octanol–water partition coefficient (Wildman–Crippen LogP) is 19.4. The van der Waals surface area contributed by atoms with Crippen LogP contribution in [-0.4, -0.2) is 42.8 Å². The predicted molar refractivity (Wildman–Crippen MR) is 363 cm³/mol. The molecule has 1 saturated carbocycles. The van der Waals surface area contributed by atoms with Crippen molar-refractivity contribution in [1.29, 1.82) is 0 Å². The van der Waals surface area contributed by atoms with Gasteiger partial charge in [-0.1, -0.05) is 389 Å². The smallest absolute Gasteiger partial charge is 0.0867 e. The Bertz CT molecular complexity index is 2020. The highest BCUT2D eigenvalue weighted by molar-refractivity contribution is 7.85. The lowest BCUT2D eigenvalue weighted by molar-refractivity contribution is 0.355. The lowest BCUT2D eigenvalue weighted by Gasteiger charge is -2.46. The van der Waals surface area contributed by atoms with Crippen LogP contribution in [0.5, 0.6) is 0 Å². The molecule has 1 aliphatic carbocycles. The molecule has 0 bridgehead atoms. The molecule has 5 rings (SSSR count). The maximum Gasteiger partial charge on any atom is 0.0867 e. The van der Waals surface area contributed by atoms with Gasteiger partial charge >= 0.3 is 0 Å². The van der Waals surface area contributed by atoms with E-state index in [0.717, 1.165) is 0 Å². The van der Waals surface area contributed by atoms with Crippen LogP contribution in [0.15, 0.2) is 97.1 Å². The molecular formula is C69H117NP2Si4. The second kappa shape index (κ2) is 34.1. The van der Waals surface area contributed by atoms with Crippen LogP contribution in [0.4, 0.5) is 0 Å². The molecule has 1 nitrogen and oxygen atoms in total. The summed E-state index contributed by atoms with van der Waals surface area (Å²) < 4.78 is 3.32. The third kappa shape index (κ3) is 17.8. The summed E-state index contributed by atoms with van der Waals surface area (Å²) in [5, 5.41) is 13.5. The van der Waals surface area contributed by atoms with E-state index in [2.05, 4.69) is 183 Å². The molecular weight excluding hydrogens is 1020 g/mol. The van der Waals surface area contributed by atoms with Crippen LogP contribution in [-0.2, 0) is 0 Å². The standard InChI is InChI=1S/C69H117NP2Si4/c1-13-22-52-74(53-23-14-2,54-24-15-3)65-46-40-62(41-47-65)71(63-42-48-66(49-43-63)75(55-25-16-4,56-26-17-5)57-27-18-6)70(61-36-32-31-33-37-61)72(68-38-34-35-39-69(68)73(10,11)12)64-44-50-67(51-45-64)76(58-28-19-7,59-29-20-8)60-30-21-9/h34-35,38-51,61H,13-33,36-37,52-60H2,1-12H3. The van der Waals surface area contributed by atoms with Crippen molar-refractivity contribution in [3.8, 4) is 0 Å². The molecule has 7 heteroatoms. The molecule has 4 aromatic rings. The Kier molecular flexibility index (Phi) is 29.3. The lowest BCUT2D eigenvalue weighted by Crippen LogP contribution is -2.50. The maximum absolute atomic E-state index is 3.32. The van der Waals surface area contributed by atoms with Crippen LogP contribution in [0.1, 0.15) is 210 Å². The first kappa shape index (κ1) is 65.4. The SMILES string of the molecule is CCCC[Si](CCCC)(CCCC)c1ccc(P(c2ccc([Si](CCCC)(CCCC)CCCC)cc2)N(C2CCCCC2)P(c2ccc([Si](CCCC)(CCCC)CCCC)cc2)c2ccccc2[Si](C)(C)C)cc1. The van der Waals surface area contributed by atoms with Gasteiger partial charge in [0.2, 0.25) is 0 Å². The normalized spacial score (nSPS) is 14.6. The van der Waals surface area contributed by atoms with E-state index in [1.54, 1.807) is 42.0 Å². The summed E-state index contributed by atoms with van der Waals surface area (Å²) in [5.41, 5.74) is 0. The zero-order chi connectivity index (χ0) is 54.9. The van der Waals surface area contributed by atoms with Gasteiger partial charge in [-0.05, 0) is 34.1 Å². The Morgan fingerprint density at radius 2 is 0.632 bits per heavy atom. The first-order chi connectivity index (χ1) is 36.9. The first-order valence-corrected chi connectivity index (χ1v) is 46.7. The van der Waals surface area contributed by atoms with Crippen LogP contribution < -0.4 is 42.0 Å². The minimum atomic E-state index is -1.76. The molecule has 0 amide bonds. The van der Waals surface area contributed by atoms with Crippen LogP contribution in [0.25, 0.3) is 0 Å². The summed E-state index contributed by atoms with van der Waals surface area (Å²) in [4.78, 5) is 0. The van der Waals surface area contributed by atoms with Gasteiger partial charge in [0.05, 0.1) is 32.3 Å². The zero-order valence-electron chi connectivity index (χ0n) is 51.8. The van der Waals surface area contributed by atoms with E-state index in [0.29, 0.717) is 6.04 Å². The molecule has 1 unspecified atom stereocenters. The van der Waals surface area contributed by atoms with Gasteiger partial charge in [0, 0.05) is 22.2 Å². The van der Waals surface area contributed by atoms with Crippen LogP contribution in [0.2, 0.25) is 74.0 Å². The number of rotatable bonds is 38. The average Bonchev–Trinajstić information content (AvgIpc) is 3.48. The molecule has 1 atom stereocenters. The molecule has 4 aromatic carbocycles. The molecule has 424 valence electrons. The van der Waals surface area contributed by atoms with Gasteiger partial charge < -0.3 is 0 Å². The van der Waals surface area contributed by atoms with E-state index in [9.17, 15) is 0 Å². The van der Waals surface area contributed by atoms with E-state index in [1.807, 2.05) is 0 Å². The van der Waals surface area contributed by atoms with Crippen molar-refractivity contribution in [2.24, 2.45) is 0 Å². The topological polar surface area (TPSA) is 3.24 Å². The van der Waals surface area contributed by atoms with Gasteiger partial charge in [0.15, 0.2) is 0 Å². The molecule has 0 N–H and O–H groups in total. The zero-order valence-corrected chi connectivity index (χ0v) is 57.6. The Morgan fingerprint density at radius 3 is 0.908 bits per heavy atom. The van der Waals surface area contributed by atoms with Crippen LogP contribution >= 0.6 is 16.1 Å². The minimum Gasteiger partial charge on any atom is -0.242 e. The summed E-state index contributed by atoms with van der Waals surface area (Å²) in [6, 6.07) is 56.7. The van der Waals surface area contributed by atoms with Gasteiger partial charge in [0.1, 0.15) is 0 Å². The molecule has 1 aliphatic rings. The van der Waals surface area contributed by atoms with E-state index in [-0.39, 0.29) is 0 Å². The van der Waals surface area contributed by atoms with Gasteiger partial charge in [-0.15, -0.1) is 0 Å². The fourth-order valence-electron chi connectivity index (χ4n) is 13.7. The lowest BCUT2D eigenvalue weighted by atomic mass is 9.96. The van der Waals surface area contributed by atoms with Crippen molar-refractivity contribution in [3.05, 3.63) is 97.1 Å². The maximum atomic E-state index is 3.32. The molecule has 0 spiro atoms. The van der Waals surface area contributed by atoms with E-state index < -0.39 is 48.4 Å².